The van der Waals surface area contributed by atoms with Crippen molar-refractivity contribution in [1.29, 1.82) is 0 Å². The molecule has 0 saturated heterocycles. The van der Waals surface area contributed by atoms with E-state index in [1.807, 2.05) is 18.4 Å². The summed E-state index contributed by atoms with van der Waals surface area (Å²) in [6.45, 7) is 2.46. The first kappa shape index (κ1) is 13.7. The number of nitrogens with one attached hydrogen (secondary N) is 1. The molecule has 0 aromatic carbocycles. The van der Waals surface area contributed by atoms with Crippen LogP contribution in [0, 0.1) is 6.92 Å². The number of aryl methyl sites for hydroxylation is 1. The second kappa shape index (κ2) is 6.36. The third-order valence-corrected chi connectivity index (χ3v) is 3.47. The van der Waals surface area contributed by atoms with E-state index in [4.69, 9.17) is 10.2 Å². The summed E-state index contributed by atoms with van der Waals surface area (Å²) >= 11 is 1.62. The molecule has 0 radical (unpaired) electrons. The third kappa shape index (κ3) is 4.54. The van der Waals surface area contributed by atoms with Gasteiger partial charge in [0, 0.05) is 11.4 Å². The quantitative estimate of drug-likeness (QED) is 0.681. The topological polar surface area (TPSA) is 86.6 Å². The maximum Gasteiger partial charge on any atom is 0.321 e. The molecule has 17 heavy (non-hydrogen) atoms. The summed E-state index contributed by atoms with van der Waals surface area (Å²) in [5.41, 5.74) is 1.18. The van der Waals surface area contributed by atoms with Gasteiger partial charge < -0.3 is 15.5 Å². The predicted octanol–water partition coefficient (Wildman–Crippen LogP) is 1.12. The first-order chi connectivity index (χ1) is 8.00. The van der Waals surface area contributed by atoms with Crippen LogP contribution in [0.4, 0.5) is 0 Å². The summed E-state index contributed by atoms with van der Waals surface area (Å²) in [5, 5.41) is 22.1. The Morgan fingerprint density at radius 2 is 2.18 bits per heavy atom. The fourth-order valence-corrected chi connectivity index (χ4v) is 2.35. The number of carboxylic acid groups (broad SMARTS) is 2. The number of hydrogen-bond donors (Lipinski definition) is 3. The van der Waals surface area contributed by atoms with Crippen LogP contribution in [0.1, 0.15) is 16.9 Å². The van der Waals surface area contributed by atoms with Crippen molar-refractivity contribution in [2.75, 3.05) is 6.54 Å². The molecule has 1 heterocycles. The lowest BCUT2D eigenvalue weighted by Crippen LogP contribution is -2.39. The summed E-state index contributed by atoms with van der Waals surface area (Å²) in [6.07, 6.45) is 0.311. The Morgan fingerprint density at radius 3 is 2.65 bits per heavy atom. The molecule has 3 N–H and O–H groups in total. The maximum absolute atomic E-state index is 10.8. The van der Waals surface area contributed by atoms with Crippen molar-refractivity contribution in [2.24, 2.45) is 0 Å². The van der Waals surface area contributed by atoms with Crippen LogP contribution in [0.3, 0.4) is 0 Å². The first-order valence-electron chi connectivity index (χ1n) is 5.21. The average molecular weight is 257 g/mol. The third-order valence-electron chi connectivity index (χ3n) is 2.39. The molecule has 1 rings (SSSR count). The van der Waals surface area contributed by atoms with Crippen molar-refractivity contribution in [3.8, 4) is 0 Å². The van der Waals surface area contributed by atoms with Crippen molar-refractivity contribution in [2.45, 2.75) is 25.8 Å². The molecule has 0 amide bonds. The van der Waals surface area contributed by atoms with Crippen LogP contribution in [0.5, 0.6) is 0 Å². The second-order valence-corrected chi connectivity index (χ2v) is 4.72. The van der Waals surface area contributed by atoms with Crippen LogP contribution < -0.4 is 5.32 Å². The zero-order valence-corrected chi connectivity index (χ0v) is 10.3. The van der Waals surface area contributed by atoms with Crippen LogP contribution >= 0.6 is 11.3 Å². The normalized spacial score (nSPS) is 12.3. The Bertz CT molecular complexity index is 402. The van der Waals surface area contributed by atoms with Gasteiger partial charge in [0.05, 0.1) is 6.42 Å². The monoisotopic (exact) mass is 257 g/mol. The number of hydrogen-bond acceptors (Lipinski definition) is 4. The number of rotatable bonds is 7. The van der Waals surface area contributed by atoms with E-state index in [-0.39, 0.29) is 0 Å². The Hall–Kier alpha value is -1.40. The van der Waals surface area contributed by atoms with Crippen molar-refractivity contribution < 1.29 is 19.8 Å². The van der Waals surface area contributed by atoms with Crippen LogP contribution in [0.15, 0.2) is 11.4 Å². The maximum atomic E-state index is 10.8. The minimum atomic E-state index is -1.13. The highest BCUT2D eigenvalue weighted by molar-refractivity contribution is 7.10. The van der Waals surface area contributed by atoms with E-state index in [9.17, 15) is 9.59 Å². The standard InChI is InChI=1S/C11H15NO4S/c1-7-3-5-17-9(7)2-4-12-8(11(15)16)6-10(13)14/h3,5,8,12H,2,4,6H2,1H3,(H,13,14)(H,15,16). The predicted molar refractivity (Wildman–Crippen MR) is 64.4 cm³/mol. The van der Waals surface area contributed by atoms with Gasteiger partial charge in [-0.25, -0.2) is 0 Å². The van der Waals surface area contributed by atoms with E-state index in [1.165, 1.54) is 10.4 Å². The molecule has 0 aliphatic rings. The second-order valence-electron chi connectivity index (χ2n) is 3.72. The Kier molecular flexibility index (Phi) is 5.11. The molecule has 0 aliphatic heterocycles. The number of carbonyl (C=O) groups is 2. The summed E-state index contributed by atoms with van der Waals surface area (Å²) < 4.78 is 0. The summed E-state index contributed by atoms with van der Waals surface area (Å²) in [4.78, 5) is 22.4. The molecule has 0 bridgehead atoms. The molecule has 1 atom stereocenters. The van der Waals surface area contributed by atoms with E-state index in [0.717, 1.165) is 0 Å². The molecule has 1 aromatic heterocycles. The molecular formula is C11H15NO4S. The lowest BCUT2D eigenvalue weighted by atomic mass is 10.2. The molecular weight excluding hydrogens is 242 g/mol. The minimum absolute atomic E-state index is 0.404. The highest BCUT2D eigenvalue weighted by Crippen LogP contribution is 2.15. The summed E-state index contributed by atoms with van der Waals surface area (Å²) in [5.74, 6) is -2.24. The molecule has 6 heteroatoms. The van der Waals surface area contributed by atoms with Crippen molar-refractivity contribution in [1.82, 2.24) is 5.32 Å². The van der Waals surface area contributed by atoms with Crippen molar-refractivity contribution in [3.63, 3.8) is 0 Å². The van der Waals surface area contributed by atoms with Crippen LogP contribution in [0.2, 0.25) is 0 Å². The number of carboxylic acids is 2. The molecule has 5 nitrogen and oxygen atoms in total. The largest absolute Gasteiger partial charge is 0.481 e. The Balaban J connectivity index is 2.40. The van der Waals surface area contributed by atoms with Gasteiger partial charge in [-0.1, -0.05) is 0 Å². The zero-order valence-electron chi connectivity index (χ0n) is 9.47. The van der Waals surface area contributed by atoms with Gasteiger partial charge in [-0.05, 0) is 30.4 Å². The fraction of sp³-hybridized carbons (Fsp3) is 0.455. The van der Waals surface area contributed by atoms with Gasteiger partial charge in [-0.2, -0.15) is 0 Å². The molecule has 0 fully saturated rings. The van der Waals surface area contributed by atoms with Gasteiger partial charge in [-0.3, -0.25) is 9.59 Å². The van der Waals surface area contributed by atoms with Crippen molar-refractivity contribution in [3.05, 3.63) is 21.9 Å². The SMILES string of the molecule is Cc1ccsc1CCNC(CC(=O)O)C(=O)O. The van der Waals surface area contributed by atoms with E-state index < -0.39 is 24.4 Å². The average Bonchev–Trinajstić information content (AvgIpc) is 2.62. The Morgan fingerprint density at radius 1 is 1.47 bits per heavy atom. The van der Waals surface area contributed by atoms with Crippen LogP contribution in [0.25, 0.3) is 0 Å². The molecule has 1 unspecified atom stereocenters. The highest BCUT2D eigenvalue weighted by Gasteiger charge is 2.19. The first-order valence-corrected chi connectivity index (χ1v) is 6.09. The van der Waals surface area contributed by atoms with Gasteiger partial charge in [-0.15, -0.1) is 11.3 Å². The number of aliphatic carboxylic acids is 2. The molecule has 0 aliphatic carbocycles. The lowest BCUT2D eigenvalue weighted by molar-refractivity contribution is -0.145. The van der Waals surface area contributed by atoms with Crippen LogP contribution in [-0.2, 0) is 16.0 Å². The van der Waals surface area contributed by atoms with E-state index >= 15 is 0 Å². The summed E-state index contributed by atoms with van der Waals surface area (Å²) in [7, 11) is 0. The van der Waals surface area contributed by atoms with E-state index in [0.29, 0.717) is 13.0 Å². The van der Waals surface area contributed by atoms with Crippen molar-refractivity contribution >= 4 is 23.3 Å². The van der Waals surface area contributed by atoms with Gasteiger partial charge in [0.2, 0.25) is 0 Å². The van der Waals surface area contributed by atoms with Gasteiger partial charge in [0.25, 0.3) is 0 Å². The highest BCUT2D eigenvalue weighted by atomic mass is 32.1. The Labute approximate surface area is 103 Å². The zero-order chi connectivity index (χ0) is 12.8. The van der Waals surface area contributed by atoms with E-state index in [2.05, 4.69) is 5.32 Å². The van der Waals surface area contributed by atoms with E-state index in [1.54, 1.807) is 11.3 Å². The number of thiophene rings is 1. The molecule has 0 saturated carbocycles. The van der Waals surface area contributed by atoms with Gasteiger partial charge in [0.1, 0.15) is 6.04 Å². The van der Waals surface area contributed by atoms with Gasteiger partial charge >= 0.3 is 11.9 Å². The van der Waals surface area contributed by atoms with Crippen LogP contribution in [-0.4, -0.2) is 34.7 Å². The molecule has 0 spiro atoms. The summed E-state index contributed by atoms with van der Waals surface area (Å²) in [6, 6.07) is 0.985. The minimum Gasteiger partial charge on any atom is -0.481 e. The lowest BCUT2D eigenvalue weighted by Gasteiger charge is -2.11. The van der Waals surface area contributed by atoms with Gasteiger partial charge in [0.15, 0.2) is 0 Å². The fourth-order valence-electron chi connectivity index (χ4n) is 1.44. The smallest absolute Gasteiger partial charge is 0.321 e. The molecule has 94 valence electrons. The molecule has 1 aromatic rings.